The van der Waals surface area contributed by atoms with E-state index in [1.807, 2.05) is 14.0 Å². The van der Waals surface area contributed by atoms with Crippen molar-refractivity contribution in [2.24, 2.45) is 10.4 Å². The molecule has 1 fully saturated rings. The quantitative estimate of drug-likeness (QED) is 0.413. The highest BCUT2D eigenvalue weighted by Crippen LogP contribution is 2.48. The molecule has 0 aliphatic heterocycles. The van der Waals surface area contributed by atoms with Crippen LogP contribution in [0.15, 0.2) is 10.4 Å². The molecule has 0 unspecified atom stereocenters. The van der Waals surface area contributed by atoms with Crippen molar-refractivity contribution < 1.29 is 4.74 Å². The number of hydrogen-bond acceptors (Lipinski definition) is 4. The van der Waals surface area contributed by atoms with Gasteiger partial charge in [-0.1, -0.05) is 13.8 Å². The Bertz CT molecular complexity index is 508. The van der Waals surface area contributed by atoms with Gasteiger partial charge in [0.2, 0.25) is 0 Å². The molecule has 5 nitrogen and oxygen atoms in total. The first-order chi connectivity index (χ1) is 11.1. The maximum atomic E-state index is 5.49. The second kappa shape index (κ2) is 8.64. The molecule has 1 saturated carbocycles. The third-order valence-electron chi connectivity index (χ3n) is 4.36. The zero-order valence-corrected chi connectivity index (χ0v) is 15.6. The maximum Gasteiger partial charge on any atom is 0.191 e. The zero-order chi connectivity index (χ0) is 16.7. The third-order valence-corrected chi connectivity index (χ3v) is 5.23. The van der Waals surface area contributed by atoms with Gasteiger partial charge in [0.1, 0.15) is 5.01 Å². The average Bonchev–Trinajstić information content (AvgIpc) is 3.13. The van der Waals surface area contributed by atoms with Gasteiger partial charge in [-0.25, -0.2) is 4.98 Å². The number of ether oxygens (including phenoxy) is 1. The minimum atomic E-state index is 0.415. The van der Waals surface area contributed by atoms with Crippen LogP contribution in [0.4, 0.5) is 0 Å². The zero-order valence-electron chi connectivity index (χ0n) is 14.8. The van der Waals surface area contributed by atoms with E-state index in [1.165, 1.54) is 18.5 Å². The largest absolute Gasteiger partial charge is 0.382 e. The normalized spacial score (nSPS) is 16.7. The lowest BCUT2D eigenvalue weighted by molar-refractivity contribution is 0.128. The van der Waals surface area contributed by atoms with Gasteiger partial charge in [-0.15, -0.1) is 11.3 Å². The molecule has 0 bridgehead atoms. The van der Waals surface area contributed by atoms with Crippen LogP contribution in [0.1, 0.15) is 56.7 Å². The van der Waals surface area contributed by atoms with E-state index < -0.39 is 0 Å². The molecule has 1 aromatic heterocycles. The van der Waals surface area contributed by atoms with Gasteiger partial charge in [-0.3, -0.25) is 4.99 Å². The van der Waals surface area contributed by atoms with Crippen molar-refractivity contribution in [1.29, 1.82) is 0 Å². The van der Waals surface area contributed by atoms with Gasteiger partial charge in [-0.2, -0.15) is 0 Å². The summed E-state index contributed by atoms with van der Waals surface area (Å²) >= 11 is 1.71. The summed E-state index contributed by atoms with van der Waals surface area (Å²) in [5, 5.41) is 10.1. The van der Waals surface area contributed by atoms with Crippen LogP contribution >= 0.6 is 11.3 Å². The van der Waals surface area contributed by atoms with Gasteiger partial charge < -0.3 is 15.4 Å². The maximum absolute atomic E-state index is 5.49. The molecule has 1 aromatic rings. The number of guanidine groups is 1. The molecule has 1 aliphatic rings. The van der Waals surface area contributed by atoms with Crippen molar-refractivity contribution in [3.05, 3.63) is 16.1 Å². The molecule has 0 spiro atoms. The Kier molecular flexibility index (Phi) is 6.84. The summed E-state index contributed by atoms with van der Waals surface area (Å²) in [5.41, 5.74) is 1.58. The van der Waals surface area contributed by atoms with Crippen LogP contribution in [0.2, 0.25) is 0 Å². The SMILES string of the molecule is CCOCCC1(CNC(=NC)NCc2nc(C(C)C)cs2)CC1. The van der Waals surface area contributed by atoms with Gasteiger partial charge in [0.25, 0.3) is 0 Å². The number of nitrogens with one attached hydrogen (secondary N) is 2. The topological polar surface area (TPSA) is 58.5 Å². The smallest absolute Gasteiger partial charge is 0.191 e. The van der Waals surface area contributed by atoms with Crippen molar-refractivity contribution in [2.45, 2.75) is 52.5 Å². The highest BCUT2D eigenvalue weighted by Gasteiger charge is 2.41. The first kappa shape index (κ1) is 18.2. The third kappa shape index (κ3) is 5.77. The fourth-order valence-electron chi connectivity index (χ4n) is 2.45. The first-order valence-electron chi connectivity index (χ1n) is 8.55. The summed E-state index contributed by atoms with van der Waals surface area (Å²) in [6, 6.07) is 0. The molecule has 6 heteroatoms. The predicted molar refractivity (Wildman–Crippen MR) is 97.2 cm³/mol. The Hall–Kier alpha value is -1.14. The van der Waals surface area contributed by atoms with E-state index in [-0.39, 0.29) is 0 Å². The Morgan fingerprint density at radius 3 is 2.78 bits per heavy atom. The van der Waals surface area contributed by atoms with E-state index in [0.717, 1.165) is 43.7 Å². The van der Waals surface area contributed by atoms with E-state index in [9.17, 15) is 0 Å². The van der Waals surface area contributed by atoms with Crippen LogP contribution in [0.5, 0.6) is 0 Å². The number of aromatic nitrogens is 1. The molecular weight excluding hydrogens is 308 g/mol. The molecule has 1 heterocycles. The monoisotopic (exact) mass is 338 g/mol. The fourth-order valence-corrected chi connectivity index (χ4v) is 3.34. The number of thiazole rings is 1. The summed E-state index contributed by atoms with van der Waals surface area (Å²) < 4.78 is 5.49. The lowest BCUT2D eigenvalue weighted by Crippen LogP contribution is -2.40. The van der Waals surface area contributed by atoms with Crippen molar-refractivity contribution in [3.63, 3.8) is 0 Å². The molecule has 1 aliphatic carbocycles. The molecule has 0 radical (unpaired) electrons. The number of aliphatic imine (C=N–C) groups is 1. The lowest BCUT2D eigenvalue weighted by Gasteiger charge is -2.18. The highest BCUT2D eigenvalue weighted by molar-refractivity contribution is 7.09. The summed E-state index contributed by atoms with van der Waals surface area (Å²) in [4.78, 5) is 8.96. The fraction of sp³-hybridized carbons (Fsp3) is 0.765. The predicted octanol–water partition coefficient (Wildman–Crippen LogP) is 3.14. The van der Waals surface area contributed by atoms with E-state index >= 15 is 0 Å². The summed E-state index contributed by atoms with van der Waals surface area (Å²) in [7, 11) is 1.82. The van der Waals surface area contributed by atoms with Crippen molar-refractivity contribution >= 4 is 17.3 Å². The van der Waals surface area contributed by atoms with Gasteiger partial charge in [0.15, 0.2) is 5.96 Å². The molecule has 23 heavy (non-hydrogen) atoms. The molecular formula is C17H30N4OS. The first-order valence-corrected chi connectivity index (χ1v) is 9.43. The average molecular weight is 339 g/mol. The summed E-state index contributed by atoms with van der Waals surface area (Å²) in [6.45, 7) is 9.75. The van der Waals surface area contributed by atoms with Crippen LogP contribution in [0.25, 0.3) is 0 Å². The van der Waals surface area contributed by atoms with Crippen LogP contribution in [-0.2, 0) is 11.3 Å². The van der Waals surface area contributed by atoms with E-state index in [0.29, 0.717) is 11.3 Å². The Balaban J connectivity index is 1.73. The molecule has 0 atom stereocenters. The molecule has 0 amide bonds. The Morgan fingerprint density at radius 2 is 2.22 bits per heavy atom. The molecule has 0 saturated heterocycles. The minimum absolute atomic E-state index is 0.415. The summed E-state index contributed by atoms with van der Waals surface area (Å²) in [5.74, 6) is 1.34. The van der Waals surface area contributed by atoms with Gasteiger partial charge in [0, 0.05) is 32.2 Å². The molecule has 0 aromatic carbocycles. The van der Waals surface area contributed by atoms with Crippen LogP contribution in [0.3, 0.4) is 0 Å². The van der Waals surface area contributed by atoms with Crippen molar-refractivity contribution in [1.82, 2.24) is 15.6 Å². The number of nitrogens with zero attached hydrogens (tertiary/aromatic N) is 2. The summed E-state index contributed by atoms with van der Waals surface area (Å²) in [6.07, 6.45) is 3.71. The van der Waals surface area contributed by atoms with Crippen LogP contribution in [0, 0.1) is 5.41 Å². The van der Waals surface area contributed by atoms with Gasteiger partial charge in [0.05, 0.1) is 12.2 Å². The Labute approximate surface area is 144 Å². The van der Waals surface area contributed by atoms with Crippen LogP contribution in [-0.4, -0.2) is 37.7 Å². The standard InChI is InChI=1S/C17H30N4OS/c1-5-22-9-8-17(6-7-17)12-20-16(18-4)19-10-15-21-14(11-23-15)13(2)3/h11,13H,5-10,12H2,1-4H3,(H2,18,19,20). The van der Waals surface area contributed by atoms with E-state index in [1.54, 1.807) is 11.3 Å². The van der Waals surface area contributed by atoms with E-state index in [2.05, 4.69) is 39.8 Å². The Morgan fingerprint density at radius 1 is 1.43 bits per heavy atom. The van der Waals surface area contributed by atoms with Crippen molar-refractivity contribution in [3.8, 4) is 0 Å². The molecule has 2 rings (SSSR count). The second-order valence-electron chi connectivity index (χ2n) is 6.55. The lowest BCUT2D eigenvalue weighted by atomic mass is 10.0. The molecule has 2 N–H and O–H groups in total. The van der Waals surface area contributed by atoms with Gasteiger partial charge >= 0.3 is 0 Å². The van der Waals surface area contributed by atoms with Crippen molar-refractivity contribution in [2.75, 3.05) is 26.8 Å². The second-order valence-corrected chi connectivity index (χ2v) is 7.49. The molecule has 130 valence electrons. The van der Waals surface area contributed by atoms with E-state index in [4.69, 9.17) is 4.74 Å². The van der Waals surface area contributed by atoms with Crippen LogP contribution < -0.4 is 10.6 Å². The minimum Gasteiger partial charge on any atom is -0.382 e. The number of rotatable bonds is 9. The number of hydrogen-bond donors (Lipinski definition) is 2. The highest BCUT2D eigenvalue weighted by atomic mass is 32.1. The van der Waals surface area contributed by atoms with Gasteiger partial charge in [-0.05, 0) is 37.5 Å².